The lowest BCUT2D eigenvalue weighted by atomic mass is 10.2. The SMILES string of the molecule is COCc1nc(-c2cccc(I)c2)oc1C(=O)OC. The summed E-state index contributed by atoms with van der Waals surface area (Å²) in [5.41, 5.74) is 1.24. The number of halogens is 1. The van der Waals surface area contributed by atoms with Crippen LogP contribution >= 0.6 is 22.6 Å². The first-order chi connectivity index (χ1) is 9.15. The molecule has 1 aromatic heterocycles. The van der Waals surface area contributed by atoms with E-state index in [-0.39, 0.29) is 12.4 Å². The van der Waals surface area contributed by atoms with Gasteiger partial charge in [-0.2, -0.15) is 0 Å². The Balaban J connectivity index is 2.45. The van der Waals surface area contributed by atoms with Crippen molar-refractivity contribution in [1.29, 1.82) is 0 Å². The Bertz CT molecular complexity index is 594. The zero-order valence-electron chi connectivity index (χ0n) is 10.5. The fourth-order valence-electron chi connectivity index (χ4n) is 1.58. The third kappa shape index (κ3) is 3.13. The molecule has 5 nitrogen and oxygen atoms in total. The maximum absolute atomic E-state index is 11.6. The number of benzene rings is 1. The van der Waals surface area contributed by atoms with Crippen molar-refractivity contribution in [2.75, 3.05) is 14.2 Å². The Kier molecular flexibility index (Phi) is 4.54. The van der Waals surface area contributed by atoms with Crippen LogP contribution in [-0.4, -0.2) is 25.2 Å². The third-order valence-corrected chi connectivity index (χ3v) is 3.09. The van der Waals surface area contributed by atoms with Crippen molar-refractivity contribution < 1.29 is 18.7 Å². The van der Waals surface area contributed by atoms with Crippen LogP contribution in [0, 0.1) is 3.57 Å². The number of hydrogen-bond donors (Lipinski definition) is 0. The van der Waals surface area contributed by atoms with E-state index in [1.54, 1.807) is 0 Å². The Morgan fingerprint density at radius 2 is 2.21 bits per heavy atom. The summed E-state index contributed by atoms with van der Waals surface area (Å²) in [5, 5.41) is 0. The number of carbonyl (C=O) groups is 1. The second kappa shape index (κ2) is 6.16. The molecule has 100 valence electrons. The van der Waals surface area contributed by atoms with Crippen molar-refractivity contribution >= 4 is 28.6 Å². The third-order valence-electron chi connectivity index (χ3n) is 2.42. The van der Waals surface area contributed by atoms with Crippen LogP contribution in [0.4, 0.5) is 0 Å². The number of rotatable bonds is 4. The molecular weight excluding hydrogens is 361 g/mol. The molecule has 0 spiro atoms. The van der Waals surface area contributed by atoms with Gasteiger partial charge in [-0.15, -0.1) is 0 Å². The zero-order valence-corrected chi connectivity index (χ0v) is 12.6. The molecule has 0 aliphatic heterocycles. The Labute approximate surface area is 124 Å². The summed E-state index contributed by atoms with van der Waals surface area (Å²) >= 11 is 2.20. The summed E-state index contributed by atoms with van der Waals surface area (Å²) < 4.78 is 16.2. The summed E-state index contributed by atoms with van der Waals surface area (Å²) in [6.45, 7) is 0.192. The van der Waals surface area contributed by atoms with Gasteiger partial charge in [-0.1, -0.05) is 6.07 Å². The van der Waals surface area contributed by atoms with Crippen LogP contribution in [0.2, 0.25) is 0 Å². The minimum absolute atomic E-state index is 0.0817. The number of oxazole rings is 1. The van der Waals surface area contributed by atoms with Gasteiger partial charge in [0.15, 0.2) is 0 Å². The quantitative estimate of drug-likeness (QED) is 0.609. The highest BCUT2D eigenvalue weighted by molar-refractivity contribution is 14.1. The number of carbonyl (C=O) groups excluding carboxylic acids is 1. The smallest absolute Gasteiger partial charge is 0.376 e. The Morgan fingerprint density at radius 3 is 2.84 bits per heavy atom. The maximum Gasteiger partial charge on any atom is 0.376 e. The second-order valence-corrected chi connectivity index (χ2v) is 4.98. The van der Waals surface area contributed by atoms with Gasteiger partial charge in [-0.25, -0.2) is 9.78 Å². The predicted molar refractivity (Wildman–Crippen MR) is 76.7 cm³/mol. The topological polar surface area (TPSA) is 61.6 Å². The van der Waals surface area contributed by atoms with Gasteiger partial charge >= 0.3 is 5.97 Å². The van der Waals surface area contributed by atoms with Crippen molar-refractivity contribution in [2.45, 2.75) is 6.61 Å². The van der Waals surface area contributed by atoms with Crippen LogP contribution in [0.5, 0.6) is 0 Å². The van der Waals surface area contributed by atoms with Crippen LogP contribution in [0.15, 0.2) is 28.7 Å². The number of methoxy groups -OCH3 is 2. The van der Waals surface area contributed by atoms with Crippen molar-refractivity contribution in [3.8, 4) is 11.5 Å². The van der Waals surface area contributed by atoms with Gasteiger partial charge in [0, 0.05) is 16.2 Å². The lowest BCUT2D eigenvalue weighted by Crippen LogP contribution is -2.04. The van der Waals surface area contributed by atoms with E-state index in [0.717, 1.165) is 9.13 Å². The summed E-state index contributed by atoms with van der Waals surface area (Å²) in [4.78, 5) is 15.9. The van der Waals surface area contributed by atoms with E-state index in [2.05, 4.69) is 32.3 Å². The first kappa shape index (κ1) is 14.0. The minimum atomic E-state index is -0.559. The van der Waals surface area contributed by atoms with Crippen LogP contribution < -0.4 is 0 Å². The van der Waals surface area contributed by atoms with E-state index in [1.807, 2.05) is 24.3 Å². The minimum Gasteiger partial charge on any atom is -0.463 e. The van der Waals surface area contributed by atoms with Crippen molar-refractivity contribution in [3.63, 3.8) is 0 Å². The molecule has 2 aromatic rings. The molecule has 0 N–H and O–H groups in total. The van der Waals surface area contributed by atoms with Crippen LogP contribution in [0.3, 0.4) is 0 Å². The average molecular weight is 373 g/mol. The standard InChI is InChI=1S/C13H12INO4/c1-17-7-10-11(13(16)18-2)19-12(15-10)8-4-3-5-9(14)6-8/h3-6H,7H2,1-2H3. The monoisotopic (exact) mass is 373 g/mol. The summed E-state index contributed by atoms with van der Waals surface area (Å²) in [5.74, 6) is -0.0967. The largest absolute Gasteiger partial charge is 0.463 e. The number of esters is 1. The van der Waals surface area contributed by atoms with Gasteiger partial charge in [0.25, 0.3) is 0 Å². The average Bonchev–Trinajstić information content (AvgIpc) is 2.82. The van der Waals surface area contributed by atoms with E-state index < -0.39 is 5.97 Å². The van der Waals surface area contributed by atoms with Gasteiger partial charge in [-0.3, -0.25) is 0 Å². The Morgan fingerprint density at radius 1 is 1.42 bits per heavy atom. The fourth-order valence-corrected chi connectivity index (χ4v) is 2.13. The van der Waals surface area contributed by atoms with Gasteiger partial charge < -0.3 is 13.9 Å². The maximum atomic E-state index is 11.6. The normalized spacial score (nSPS) is 10.5. The molecule has 0 aliphatic carbocycles. The molecule has 1 heterocycles. The molecular formula is C13H12INO4. The first-order valence-electron chi connectivity index (χ1n) is 5.48. The highest BCUT2D eigenvalue weighted by atomic mass is 127. The summed E-state index contributed by atoms with van der Waals surface area (Å²) in [6, 6.07) is 7.65. The van der Waals surface area contributed by atoms with Crippen LogP contribution in [0.25, 0.3) is 11.5 Å². The van der Waals surface area contributed by atoms with Crippen molar-refractivity contribution in [1.82, 2.24) is 4.98 Å². The fraction of sp³-hybridized carbons (Fsp3) is 0.231. The van der Waals surface area contributed by atoms with E-state index in [1.165, 1.54) is 14.2 Å². The summed E-state index contributed by atoms with van der Waals surface area (Å²) in [6.07, 6.45) is 0. The highest BCUT2D eigenvalue weighted by Crippen LogP contribution is 2.24. The van der Waals surface area contributed by atoms with Gasteiger partial charge in [0.05, 0.1) is 13.7 Å². The molecule has 0 saturated heterocycles. The lowest BCUT2D eigenvalue weighted by molar-refractivity contribution is 0.0559. The zero-order chi connectivity index (χ0) is 13.8. The van der Waals surface area contributed by atoms with E-state index in [0.29, 0.717) is 11.6 Å². The molecule has 19 heavy (non-hydrogen) atoms. The molecule has 0 saturated carbocycles. The molecule has 0 radical (unpaired) electrons. The number of nitrogens with zero attached hydrogens (tertiary/aromatic N) is 1. The van der Waals surface area contributed by atoms with Crippen molar-refractivity contribution in [2.24, 2.45) is 0 Å². The molecule has 6 heteroatoms. The molecule has 0 aliphatic rings. The van der Waals surface area contributed by atoms with Crippen molar-refractivity contribution in [3.05, 3.63) is 39.3 Å². The highest BCUT2D eigenvalue weighted by Gasteiger charge is 2.21. The molecule has 0 bridgehead atoms. The Hall–Kier alpha value is -1.41. The van der Waals surface area contributed by atoms with Crippen LogP contribution in [-0.2, 0) is 16.1 Å². The number of ether oxygens (including phenoxy) is 2. The molecule has 0 fully saturated rings. The van der Waals surface area contributed by atoms with E-state index in [4.69, 9.17) is 9.15 Å². The molecule has 0 atom stereocenters. The van der Waals surface area contributed by atoms with E-state index in [9.17, 15) is 4.79 Å². The van der Waals surface area contributed by atoms with Gasteiger partial charge in [0.2, 0.25) is 11.7 Å². The molecule has 0 unspecified atom stereocenters. The molecule has 0 amide bonds. The second-order valence-electron chi connectivity index (χ2n) is 3.73. The number of hydrogen-bond acceptors (Lipinski definition) is 5. The molecule has 1 aromatic carbocycles. The van der Waals surface area contributed by atoms with Gasteiger partial charge in [0.1, 0.15) is 5.69 Å². The van der Waals surface area contributed by atoms with E-state index >= 15 is 0 Å². The number of aromatic nitrogens is 1. The molecule has 2 rings (SSSR count). The lowest BCUT2D eigenvalue weighted by Gasteiger charge is -1.97. The predicted octanol–water partition coefficient (Wildman–Crippen LogP) is 2.88. The summed E-state index contributed by atoms with van der Waals surface area (Å²) in [7, 11) is 2.83. The van der Waals surface area contributed by atoms with Crippen LogP contribution in [0.1, 0.15) is 16.2 Å². The van der Waals surface area contributed by atoms with Gasteiger partial charge in [-0.05, 0) is 40.8 Å². The first-order valence-corrected chi connectivity index (χ1v) is 6.56.